The predicted molar refractivity (Wildman–Crippen MR) is 165 cm³/mol. The molecule has 1 aliphatic heterocycles. The summed E-state index contributed by atoms with van der Waals surface area (Å²) < 4.78 is 0. The van der Waals surface area contributed by atoms with Crippen molar-refractivity contribution in [2.24, 2.45) is 0 Å². The average molecular weight is 586 g/mol. The monoisotopic (exact) mass is 585 g/mol. The van der Waals surface area contributed by atoms with Gasteiger partial charge in [-0.1, -0.05) is 102 Å². The first-order valence-corrected chi connectivity index (χ1v) is 14.9. The van der Waals surface area contributed by atoms with Crippen molar-refractivity contribution in [2.45, 2.75) is 31.1 Å². The number of piperazine rings is 1. The zero-order valence-electron chi connectivity index (χ0n) is 23.0. The van der Waals surface area contributed by atoms with Crippen LogP contribution in [0, 0.1) is 6.92 Å². The van der Waals surface area contributed by atoms with Gasteiger partial charge >= 0.3 is 0 Å². The van der Waals surface area contributed by atoms with Crippen LogP contribution in [0.5, 0.6) is 0 Å². The second-order valence-corrected chi connectivity index (χ2v) is 11.4. The number of amides is 2. The number of hydrogen-bond donors (Lipinski definition) is 1. The Balaban J connectivity index is 1.22. The predicted octanol–water partition coefficient (Wildman–Crippen LogP) is 5.79. The summed E-state index contributed by atoms with van der Waals surface area (Å²) in [6, 6.07) is 28.9. The van der Waals surface area contributed by atoms with E-state index in [0.29, 0.717) is 41.3 Å². The summed E-state index contributed by atoms with van der Waals surface area (Å²) in [7, 11) is 0. The summed E-state index contributed by atoms with van der Waals surface area (Å²) in [5.41, 5.74) is 3.83. The normalized spacial score (nSPS) is 15.2. The fraction of sp³-hybridized carbons (Fsp3) is 0.250. The van der Waals surface area contributed by atoms with Crippen molar-refractivity contribution >= 4 is 41.0 Å². The van der Waals surface area contributed by atoms with E-state index >= 15 is 0 Å². The Morgan fingerprint density at radius 1 is 0.951 bits per heavy atom. The third-order valence-corrected chi connectivity index (χ3v) is 8.12. The fourth-order valence-electron chi connectivity index (χ4n) is 4.92. The lowest BCUT2D eigenvalue weighted by molar-refractivity contribution is -0.119. The molecule has 0 saturated carbocycles. The Labute approximate surface area is 250 Å². The van der Waals surface area contributed by atoms with E-state index in [4.69, 9.17) is 16.6 Å². The van der Waals surface area contributed by atoms with E-state index in [1.54, 1.807) is 6.07 Å². The summed E-state index contributed by atoms with van der Waals surface area (Å²) in [4.78, 5) is 39.2. The van der Waals surface area contributed by atoms with Crippen LogP contribution in [0.3, 0.4) is 0 Å². The van der Waals surface area contributed by atoms with Gasteiger partial charge in [0.15, 0.2) is 5.16 Å². The van der Waals surface area contributed by atoms with E-state index in [-0.39, 0.29) is 29.7 Å². The second-order valence-electron chi connectivity index (χ2n) is 10.1. The molecule has 9 heteroatoms. The molecule has 2 heterocycles. The first kappa shape index (κ1) is 28.6. The summed E-state index contributed by atoms with van der Waals surface area (Å²) in [6.45, 7) is 5.85. The van der Waals surface area contributed by atoms with Crippen molar-refractivity contribution in [3.8, 4) is 0 Å². The Morgan fingerprint density at radius 3 is 2.20 bits per heavy atom. The first-order chi connectivity index (χ1) is 19.9. The van der Waals surface area contributed by atoms with Gasteiger partial charge in [0.05, 0.1) is 11.8 Å². The summed E-state index contributed by atoms with van der Waals surface area (Å²) in [6.07, 6.45) is 0. The number of nitrogens with one attached hydrogen (secondary N) is 1. The molecule has 1 aliphatic rings. The Hall–Kier alpha value is -3.88. The highest BCUT2D eigenvalue weighted by Gasteiger charge is 2.29. The van der Waals surface area contributed by atoms with E-state index in [1.807, 2.05) is 104 Å². The minimum Gasteiger partial charge on any atom is -0.353 e. The van der Waals surface area contributed by atoms with E-state index in [1.165, 1.54) is 11.8 Å². The molecule has 0 radical (unpaired) electrons. The number of aromatic nitrogens is 2. The quantitative estimate of drug-likeness (QED) is 0.160. The van der Waals surface area contributed by atoms with Gasteiger partial charge in [-0.05, 0) is 37.1 Å². The van der Waals surface area contributed by atoms with Gasteiger partial charge in [-0.25, -0.2) is 9.97 Å². The lowest BCUT2D eigenvalue weighted by Crippen LogP contribution is -2.54. The lowest BCUT2D eigenvalue weighted by Gasteiger charge is -2.40. The Morgan fingerprint density at radius 2 is 1.59 bits per heavy atom. The number of anilines is 1. The minimum atomic E-state index is -0.262. The molecule has 0 spiro atoms. The molecule has 2 amide bonds. The van der Waals surface area contributed by atoms with Crippen molar-refractivity contribution in [1.29, 1.82) is 0 Å². The van der Waals surface area contributed by atoms with Gasteiger partial charge in [0, 0.05) is 37.3 Å². The van der Waals surface area contributed by atoms with Crippen LogP contribution >= 0.6 is 23.4 Å². The van der Waals surface area contributed by atoms with Crippen LogP contribution in [0.25, 0.3) is 0 Å². The van der Waals surface area contributed by atoms with Crippen molar-refractivity contribution < 1.29 is 9.59 Å². The average Bonchev–Trinajstić information content (AvgIpc) is 2.99. The molecule has 0 aliphatic carbocycles. The molecule has 1 saturated heterocycles. The molecule has 1 unspecified atom stereocenters. The van der Waals surface area contributed by atoms with Gasteiger partial charge in [-0.15, -0.1) is 0 Å². The van der Waals surface area contributed by atoms with E-state index in [9.17, 15) is 9.59 Å². The number of thioether (sulfide) groups is 1. The fourth-order valence-corrected chi connectivity index (χ4v) is 5.82. The van der Waals surface area contributed by atoms with Gasteiger partial charge in [0.1, 0.15) is 11.0 Å². The van der Waals surface area contributed by atoms with Crippen molar-refractivity contribution in [2.75, 3.05) is 30.3 Å². The molecule has 0 bridgehead atoms. The van der Waals surface area contributed by atoms with E-state index < -0.39 is 0 Å². The maximum atomic E-state index is 13.1. The summed E-state index contributed by atoms with van der Waals surface area (Å²) in [5, 5.41) is 3.90. The smallest absolute Gasteiger partial charge is 0.254 e. The van der Waals surface area contributed by atoms with Crippen LogP contribution in [0.2, 0.25) is 5.15 Å². The van der Waals surface area contributed by atoms with Crippen molar-refractivity contribution in [1.82, 2.24) is 20.2 Å². The third kappa shape index (κ3) is 7.26. The Kier molecular flexibility index (Phi) is 9.21. The molecule has 7 nitrogen and oxygen atoms in total. The number of benzene rings is 3. The maximum Gasteiger partial charge on any atom is 0.254 e. The summed E-state index contributed by atoms with van der Waals surface area (Å²) in [5.74, 6) is 0.735. The molecule has 210 valence electrons. The zero-order valence-corrected chi connectivity index (χ0v) is 24.6. The molecular weight excluding hydrogens is 554 g/mol. The Bertz CT molecular complexity index is 1450. The summed E-state index contributed by atoms with van der Waals surface area (Å²) >= 11 is 7.63. The van der Waals surface area contributed by atoms with Crippen LogP contribution in [-0.2, 0) is 4.79 Å². The van der Waals surface area contributed by atoms with Crippen LogP contribution in [0.4, 0.5) is 5.82 Å². The van der Waals surface area contributed by atoms with Crippen LogP contribution in [0.1, 0.15) is 40.0 Å². The van der Waals surface area contributed by atoms with E-state index in [0.717, 1.165) is 16.7 Å². The van der Waals surface area contributed by atoms with Gasteiger partial charge in [0.2, 0.25) is 5.91 Å². The highest BCUT2D eigenvalue weighted by Crippen LogP contribution is 2.26. The van der Waals surface area contributed by atoms with Crippen LogP contribution in [0.15, 0.2) is 96.2 Å². The van der Waals surface area contributed by atoms with Crippen LogP contribution in [-0.4, -0.2) is 58.1 Å². The highest BCUT2D eigenvalue weighted by molar-refractivity contribution is 7.99. The van der Waals surface area contributed by atoms with Gasteiger partial charge in [0.25, 0.3) is 5.91 Å². The van der Waals surface area contributed by atoms with Gasteiger partial charge in [-0.3, -0.25) is 9.59 Å². The highest BCUT2D eigenvalue weighted by atomic mass is 35.5. The number of hydrogen-bond acceptors (Lipinski definition) is 6. The molecule has 1 N–H and O–H groups in total. The molecule has 1 aromatic heterocycles. The SMILES string of the molecule is Cc1ccc(C(=O)N2CCN(c3cc(Cl)nc(SCC(=O)NC(c4ccccc4)c4ccccc4)n3)CC2C)cc1. The largest absolute Gasteiger partial charge is 0.353 e. The van der Waals surface area contributed by atoms with Crippen molar-refractivity contribution in [3.05, 3.63) is 118 Å². The zero-order chi connectivity index (χ0) is 28.8. The molecule has 3 aromatic carbocycles. The number of halogens is 1. The topological polar surface area (TPSA) is 78.4 Å². The van der Waals surface area contributed by atoms with E-state index in [2.05, 4.69) is 15.2 Å². The number of aryl methyl sites for hydroxylation is 1. The number of rotatable bonds is 8. The van der Waals surface area contributed by atoms with Gasteiger partial charge in [-0.2, -0.15) is 0 Å². The molecule has 1 atom stereocenters. The first-order valence-electron chi connectivity index (χ1n) is 13.6. The van der Waals surface area contributed by atoms with Crippen molar-refractivity contribution in [3.63, 3.8) is 0 Å². The molecule has 1 fully saturated rings. The number of carbonyl (C=O) groups is 2. The number of carbonyl (C=O) groups excluding carboxylic acids is 2. The standard InChI is InChI=1S/C32H32ClN5O2S/c1-22-13-15-26(16-14-22)31(40)38-18-17-37(20-23(38)2)28-19-27(33)34-32(35-28)41-21-29(39)36-30(24-9-5-3-6-10-24)25-11-7-4-8-12-25/h3-16,19,23,30H,17-18,20-21H2,1-2H3,(H,36,39). The molecular formula is C32H32ClN5O2S. The van der Waals surface area contributed by atoms with Gasteiger partial charge < -0.3 is 15.1 Å². The second kappa shape index (κ2) is 13.2. The van der Waals surface area contributed by atoms with Crippen LogP contribution < -0.4 is 10.2 Å². The third-order valence-electron chi connectivity index (χ3n) is 7.08. The molecule has 41 heavy (non-hydrogen) atoms. The minimum absolute atomic E-state index is 0.0129. The number of nitrogens with zero attached hydrogens (tertiary/aromatic N) is 4. The lowest BCUT2D eigenvalue weighted by atomic mass is 9.99. The maximum absolute atomic E-state index is 13.1. The molecule has 4 aromatic rings. The molecule has 5 rings (SSSR count).